The van der Waals surface area contributed by atoms with Gasteiger partial charge in [0.1, 0.15) is 11.7 Å². The molecule has 0 spiro atoms. The molecule has 0 aromatic heterocycles. The summed E-state index contributed by atoms with van der Waals surface area (Å²) < 4.78 is 12.0. The fraction of sp³-hybridized carbons (Fsp3) is 0.364. The van der Waals surface area contributed by atoms with Crippen molar-refractivity contribution in [3.05, 3.63) is 30.1 Å². The minimum absolute atomic E-state index is 0.251. The van der Waals surface area contributed by atoms with Crippen LogP contribution in [-0.4, -0.2) is 23.4 Å². The number of nitrogen functional groups attached to an aromatic ring is 1. The van der Waals surface area contributed by atoms with Crippen molar-refractivity contribution in [3.63, 3.8) is 0 Å². The summed E-state index contributed by atoms with van der Waals surface area (Å²) in [5.41, 5.74) is 11.3. The van der Waals surface area contributed by atoms with Gasteiger partial charge in [-0.15, -0.1) is 0 Å². The quantitative estimate of drug-likeness (QED) is 0.682. The molecule has 1 aliphatic heterocycles. The average Bonchev–Trinajstić information content (AvgIpc) is 2.23. The minimum Gasteiger partial charge on any atom is -0.399 e. The molecule has 0 aliphatic carbocycles. The molecule has 1 aliphatic rings. The number of thioether (sulfide) groups is 1. The lowest BCUT2D eigenvalue weighted by Gasteiger charge is -2.12. The van der Waals surface area contributed by atoms with Gasteiger partial charge in [-0.25, -0.2) is 4.39 Å². The third kappa shape index (κ3) is 5.02. The summed E-state index contributed by atoms with van der Waals surface area (Å²) in [5, 5.41) is 0. The molecular weight excluding hydrogens is 225 g/mol. The summed E-state index contributed by atoms with van der Waals surface area (Å²) in [6.45, 7) is 2.08. The van der Waals surface area contributed by atoms with Crippen LogP contribution in [0.3, 0.4) is 0 Å². The normalized spacial score (nSPS) is 19.4. The van der Waals surface area contributed by atoms with Crippen molar-refractivity contribution in [2.45, 2.75) is 13.0 Å². The smallest absolute Gasteiger partial charge is 0.123 e. The van der Waals surface area contributed by atoms with E-state index in [-0.39, 0.29) is 5.82 Å². The van der Waals surface area contributed by atoms with Gasteiger partial charge in [0.15, 0.2) is 0 Å². The van der Waals surface area contributed by atoms with Crippen molar-refractivity contribution in [2.75, 3.05) is 17.2 Å². The van der Waals surface area contributed by atoms with E-state index in [9.17, 15) is 4.39 Å². The lowest BCUT2D eigenvalue weighted by Crippen LogP contribution is -2.23. The molecule has 1 atom stereocenters. The number of hydrogen-bond acceptors (Lipinski definition) is 4. The maximum atomic E-state index is 12.0. The van der Waals surface area contributed by atoms with Gasteiger partial charge < -0.3 is 11.5 Å². The van der Waals surface area contributed by atoms with Crippen LogP contribution < -0.4 is 11.5 Å². The maximum absolute atomic E-state index is 12.0. The zero-order chi connectivity index (χ0) is 12.0. The molecule has 1 heterocycles. The molecule has 1 unspecified atom stereocenters. The highest BCUT2D eigenvalue weighted by Gasteiger charge is 2.06. The highest BCUT2D eigenvalue weighted by atomic mass is 32.2. The Balaban J connectivity index is 0.000000160. The van der Waals surface area contributed by atoms with Crippen LogP contribution in [-0.2, 0) is 0 Å². The molecule has 1 aromatic rings. The number of halogens is 1. The fourth-order valence-electron chi connectivity index (χ4n) is 1.15. The van der Waals surface area contributed by atoms with E-state index in [4.69, 9.17) is 11.5 Å². The van der Waals surface area contributed by atoms with Gasteiger partial charge in [0.25, 0.3) is 0 Å². The first kappa shape index (κ1) is 12.8. The summed E-state index contributed by atoms with van der Waals surface area (Å²) in [5.74, 6) is 2.60. The predicted octanol–water partition coefficient (Wildman–Crippen LogP) is 1.89. The zero-order valence-corrected chi connectivity index (χ0v) is 10.0. The van der Waals surface area contributed by atoms with Gasteiger partial charge in [-0.3, -0.25) is 4.99 Å². The molecule has 0 fully saturated rings. The Hall–Kier alpha value is -1.23. The van der Waals surface area contributed by atoms with Crippen LogP contribution in [0.5, 0.6) is 0 Å². The van der Waals surface area contributed by atoms with Crippen molar-refractivity contribution in [1.29, 1.82) is 0 Å². The van der Waals surface area contributed by atoms with E-state index in [2.05, 4.69) is 11.9 Å². The Labute approximate surface area is 99.1 Å². The molecule has 5 heteroatoms. The van der Waals surface area contributed by atoms with Gasteiger partial charge in [0.05, 0.1) is 11.8 Å². The molecule has 0 saturated carbocycles. The Kier molecular flexibility index (Phi) is 5.11. The van der Waals surface area contributed by atoms with Crippen LogP contribution in [0.2, 0.25) is 0 Å². The molecule has 0 saturated heterocycles. The van der Waals surface area contributed by atoms with E-state index >= 15 is 0 Å². The first-order valence-electron chi connectivity index (χ1n) is 4.99. The molecule has 0 amide bonds. The van der Waals surface area contributed by atoms with Gasteiger partial charge in [0, 0.05) is 11.4 Å². The third-order valence-corrected chi connectivity index (χ3v) is 3.08. The maximum Gasteiger partial charge on any atom is 0.123 e. The number of nitrogens with zero attached hydrogens (tertiary/aromatic N) is 1. The Bertz CT molecular complexity index is 330. The Morgan fingerprint density at radius 3 is 2.31 bits per heavy atom. The highest BCUT2D eigenvalue weighted by molar-refractivity contribution is 8.00. The van der Waals surface area contributed by atoms with Crippen LogP contribution in [0.15, 0.2) is 29.3 Å². The molecule has 1 aromatic carbocycles. The average molecular weight is 241 g/mol. The van der Waals surface area contributed by atoms with E-state index in [1.165, 1.54) is 24.3 Å². The molecule has 4 N–H and O–H groups in total. The molecule has 16 heavy (non-hydrogen) atoms. The van der Waals surface area contributed by atoms with Crippen LogP contribution >= 0.6 is 11.8 Å². The summed E-state index contributed by atoms with van der Waals surface area (Å²) in [4.78, 5) is 4.16. The first-order valence-corrected chi connectivity index (χ1v) is 6.14. The number of rotatable bonds is 0. The van der Waals surface area contributed by atoms with E-state index in [0.29, 0.717) is 11.7 Å². The number of benzene rings is 1. The monoisotopic (exact) mass is 241 g/mol. The topological polar surface area (TPSA) is 64.4 Å². The fourth-order valence-corrected chi connectivity index (χ4v) is 1.97. The third-order valence-electron chi connectivity index (χ3n) is 1.87. The second-order valence-electron chi connectivity index (χ2n) is 3.54. The Morgan fingerprint density at radius 2 is 1.94 bits per heavy atom. The van der Waals surface area contributed by atoms with E-state index in [1.54, 1.807) is 0 Å². The predicted molar refractivity (Wildman–Crippen MR) is 69.2 cm³/mol. The molecule has 2 rings (SSSR count). The standard InChI is InChI=1S/C6H6FN.C5H10N2S/c7-5-1-3-6(8)4-2-5;1-4-2-8-3-5(6)7-4/h1-4H,8H2;4H,2-3H2,1H3,(H2,6,7). The number of aliphatic imine (C=N–C) groups is 1. The van der Waals surface area contributed by atoms with Crippen LogP contribution in [0.4, 0.5) is 10.1 Å². The summed E-state index contributed by atoms with van der Waals surface area (Å²) >= 11 is 1.86. The second kappa shape index (κ2) is 6.37. The molecule has 0 radical (unpaired) electrons. The second-order valence-corrected chi connectivity index (χ2v) is 4.57. The molecule has 0 bridgehead atoms. The van der Waals surface area contributed by atoms with Crippen LogP contribution in [0, 0.1) is 5.82 Å². The largest absolute Gasteiger partial charge is 0.399 e. The van der Waals surface area contributed by atoms with Gasteiger partial charge in [-0.05, 0) is 31.2 Å². The summed E-state index contributed by atoms with van der Waals surface area (Å²) in [7, 11) is 0. The zero-order valence-electron chi connectivity index (χ0n) is 9.19. The Morgan fingerprint density at radius 1 is 1.31 bits per heavy atom. The summed E-state index contributed by atoms with van der Waals surface area (Å²) in [6, 6.07) is 6.14. The first-order chi connectivity index (χ1) is 7.58. The van der Waals surface area contributed by atoms with E-state index in [1.807, 2.05) is 11.8 Å². The lowest BCUT2D eigenvalue weighted by molar-refractivity contribution is 0.628. The van der Waals surface area contributed by atoms with Crippen molar-refractivity contribution >= 4 is 23.3 Å². The molecule has 88 valence electrons. The minimum atomic E-state index is -0.251. The van der Waals surface area contributed by atoms with Crippen molar-refractivity contribution in [1.82, 2.24) is 0 Å². The molecule has 3 nitrogen and oxygen atoms in total. The van der Waals surface area contributed by atoms with Crippen molar-refractivity contribution < 1.29 is 4.39 Å². The van der Waals surface area contributed by atoms with Gasteiger partial charge in [0.2, 0.25) is 0 Å². The van der Waals surface area contributed by atoms with Gasteiger partial charge >= 0.3 is 0 Å². The van der Waals surface area contributed by atoms with Gasteiger partial charge in [-0.1, -0.05) is 0 Å². The highest BCUT2D eigenvalue weighted by Crippen LogP contribution is 2.09. The summed E-state index contributed by atoms with van der Waals surface area (Å²) in [6.07, 6.45) is 0. The lowest BCUT2D eigenvalue weighted by atomic mass is 10.3. The van der Waals surface area contributed by atoms with Crippen molar-refractivity contribution in [2.24, 2.45) is 10.7 Å². The number of nitrogens with two attached hydrogens (primary N) is 2. The van der Waals surface area contributed by atoms with Crippen molar-refractivity contribution in [3.8, 4) is 0 Å². The van der Waals surface area contributed by atoms with Crippen LogP contribution in [0.1, 0.15) is 6.92 Å². The SMILES string of the molecule is CC1CSCC(N)=N1.Nc1ccc(F)cc1. The molecular formula is C11H16FN3S. The van der Waals surface area contributed by atoms with E-state index < -0.39 is 0 Å². The number of hydrogen-bond donors (Lipinski definition) is 2. The number of amidine groups is 1. The number of anilines is 1. The van der Waals surface area contributed by atoms with E-state index in [0.717, 1.165) is 17.3 Å². The van der Waals surface area contributed by atoms with Gasteiger partial charge in [-0.2, -0.15) is 11.8 Å². The van der Waals surface area contributed by atoms with Crippen LogP contribution in [0.25, 0.3) is 0 Å².